The first kappa shape index (κ1) is 14.0. The molecule has 2 heterocycles. The average molecular weight is 279 g/mol. The third-order valence-electron chi connectivity index (χ3n) is 4.44. The zero-order valence-electron chi connectivity index (χ0n) is 12.3. The summed E-state index contributed by atoms with van der Waals surface area (Å²) in [4.78, 5) is 4.55. The Hall–Kier alpha value is -0.940. The maximum absolute atomic E-state index is 5.58. The lowest BCUT2D eigenvalue weighted by Crippen LogP contribution is -2.32. The minimum absolute atomic E-state index is 0.459. The molecular weight excluding hydrogens is 254 g/mol. The van der Waals surface area contributed by atoms with E-state index in [0.717, 1.165) is 57.1 Å². The zero-order valence-corrected chi connectivity index (χ0v) is 12.3. The highest BCUT2D eigenvalue weighted by Crippen LogP contribution is 2.32. The van der Waals surface area contributed by atoms with Crippen LogP contribution in [0.3, 0.4) is 0 Å². The van der Waals surface area contributed by atoms with Crippen LogP contribution in [-0.2, 0) is 17.6 Å². The normalized spacial score (nSPS) is 30.1. The number of hydrogen-bond donors (Lipinski definition) is 1. The number of nitrogens with zero attached hydrogens (tertiary/aromatic N) is 2. The fourth-order valence-corrected chi connectivity index (χ4v) is 3.27. The van der Waals surface area contributed by atoms with Gasteiger partial charge in [0.2, 0.25) is 5.89 Å². The quantitative estimate of drug-likeness (QED) is 0.862. The summed E-state index contributed by atoms with van der Waals surface area (Å²) in [5.74, 6) is 3.02. The standard InChI is InChI=1S/C15H25N3O2/c1-2-19-13-6-12(7-13)9-15-17-14(18-20-15)8-11-4-3-5-16-10-11/h11-13,16H,2-10H2,1H3. The summed E-state index contributed by atoms with van der Waals surface area (Å²) in [6.45, 7) is 5.11. The van der Waals surface area contributed by atoms with Gasteiger partial charge in [0.25, 0.3) is 0 Å². The van der Waals surface area contributed by atoms with Crippen molar-refractivity contribution in [3.05, 3.63) is 11.7 Å². The zero-order chi connectivity index (χ0) is 13.8. The van der Waals surface area contributed by atoms with Gasteiger partial charge in [-0.3, -0.25) is 0 Å². The van der Waals surface area contributed by atoms with E-state index in [2.05, 4.69) is 22.4 Å². The molecule has 0 radical (unpaired) electrons. The number of aromatic nitrogens is 2. The summed E-state index contributed by atoms with van der Waals surface area (Å²) in [6, 6.07) is 0. The molecule has 1 unspecified atom stereocenters. The Morgan fingerprint density at radius 3 is 2.95 bits per heavy atom. The summed E-state index contributed by atoms with van der Waals surface area (Å²) < 4.78 is 11.0. The molecule has 1 aromatic rings. The third kappa shape index (κ3) is 3.58. The Balaban J connectivity index is 1.43. The molecule has 2 aliphatic rings. The Bertz CT molecular complexity index is 409. The number of rotatable bonds is 6. The Kier molecular flexibility index (Phi) is 4.68. The first-order valence-electron chi connectivity index (χ1n) is 7.97. The number of nitrogens with one attached hydrogen (secondary N) is 1. The highest BCUT2D eigenvalue weighted by molar-refractivity contribution is 4.93. The van der Waals surface area contributed by atoms with E-state index in [-0.39, 0.29) is 0 Å². The van der Waals surface area contributed by atoms with Gasteiger partial charge >= 0.3 is 0 Å². The van der Waals surface area contributed by atoms with Crippen LogP contribution < -0.4 is 5.32 Å². The molecule has 1 atom stereocenters. The second-order valence-corrected chi connectivity index (χ2v) is 6.14. The fourth-order valence-electron chi connectivity index (χ4n) is 3.27. The highest BCUT2D eigenvalue weighted by atomic mass is 16.5. The van der Waals surface area contributed by atoms with Crippen molar-refractivity contribution in [3.63, 3.8) is 0 Å². The van der Waals surface area contributed by atoms with Crippen molar-refractivity contribution < 1.29 is 9.26 Å². The lowest BCUT2D eigenvalue weighted by atomic mass is 9.80. The second-order valence-electron chi connectivity index (χ2n) is 6.14. The van der Waals surface area contributed by atoms with Crippen LogP contribution in [0.15, 0.2) is 4.52 Å². The van der Waals surface area contributed by atoms with Gasteiger partial charge in [-0.25, -0.2) is 0 Å². The van der Waals surface area contributed by atoms with E-state index < -0.39 is 0 Å². The molecule has 0 amide bonds. The Morgan fingerprint density at radius 1 is 1.30 bits per heavy atom. The molecule has 5 nitrogen and oxygen atoms in total. The van der Waals surface area contributed by atoms with Crippen molar-refractivity contribution in [2.45, 2.75) is 51.6 Å². The van der Waals surface area contributed by atoms with Gasteiger partial charge in [-0.2, -0.15) is 4.98 Å². The summed E-state index contributed by atoms with van der Waals surface area (Å²) in [7, 11) is 0. The van der Waals surface area contributed by atoms with Gasteiger partial charge < -0.3 is 14.6 Å². The van der Waals surface area contributed by atoms with Crippen molar-refractivity contribution in [2.75, 3.05) is 19.7 Å². The third-order valence-corrected chi connectivity index (χ3v) is 4.44. The summed E-state index contributed by atoms with van der Waals surface area (Å²) >= 11 is 0. The van der Waals surface area contributed by atoms with Crippen LogP contribution in [0.25, 0.3) is 0 Å². The average Bonchev–Trinajstić information content (AvgIpc) is 2.85. The van der Waals surface area contributed by atoms with Crippen molar-refractivity contribution in [2.24, 2.45) is 11.8 Å². The minimum atomic E-state index is 0.459. The first-order chi connectivity index (χ1) is 9.83. The highest BCUT2D eigenvalue weighted by Gasteiger charge is 2.31. The van der Waals surface area contributed by atoms with Crippen molar-refractivity contribution in [3.8, 4) is 0 Å². The van der Waals surface area contributed by atoms with E-state index in [1.165, 1.54) is 12.8 Å². The van der Waals surface area contributed by atoms with E-state index in [9.17, 15) is 0 Å². The predicted molar refractivity (Wildman–Crippen MR) is 75.4 cm³/mol. The van der Waals surface area contributed by atoms with Crippen LogP contribution in [0.2, 0.25) is 0 Å². The van der Waals surface area contributed by atoms with E-state index in [4.69, 9.17) is 9.26 Å². The maximum Gasteiger partial charge on any atom is 0.226 e. The molecule has 0 bridgehead atoms. The van der Waals surface area contributed by atoms with Crippen LogP contribution in [0.1, 0.15) is 44.3 Å². The van der Waals surface area contributed by atoms with Gasteiger partial charge in [-0.15, -0.1) is 0 Å². The Labute approximate surface area is 120 Å². The van der Waals surface area contributed by atoms with Crippen LogP contribution >= 0.6 is 0 Å². The largest absolute Gasteiger partial charge is 0.378 e. The molecule has 5 heteroatoms. The van der Waals surface area contributed by atoms with Crippen LogP contribution in [0.5, 0.6) is 0 Å². The minimum Gasteiger partial charge on any atom is -0.378 e. The Morgan fingerprint density at radius 2 is 2.20 bits per heavy atom. The first-order valence-corrected chi connectivity index (χ1v) is 7.97. The lowest BCUT2D eigenvalue weighted by molar-refractivity contribution is -0.0258. The van der Waals surface area contributed by atoms with Crippen molar-refractivity contribution >= 4 is 0 Å². The molecule has 1 aliphatic carbocycles. The second kappa shape index (κ2) is 6.68. The monoisotopic (exact) mass is 279 g/mol. The molecule has 1 aromatic heterocycles. The van der Waals surface area contributed by atoms with Gasteiger partial charge in [0.1, 0.15) is 0 Å². The van der Waals surface area contributed by atoms with Crippen molar-refractivity contribution in [1.29, 1.82) is 0 Å². The molecule has 2 fully saturated rings. The van der Waals surface area contributed by atoms with Gasteiger partial charge in [0.05, 0.1) is 6.10 Å². The molecule has 1 aliphatic heterocycles. The maximum atomic E-state index is 5.58. The van der Waals surface area contributed by atoms with E-state index in [1.54, 1.807) is 0 Å². The smallest absolute Gasteiger partial charge is 0.226 e. The summed E-state index contributed by atoms with van der Waals surface area (Å²) in [6.07, 6.45) is 7.13. The summed E-state index contributed by atoms with van der Waals surface area (Å²) in [5, 5.41) is 7.56. The van der Waals surface area contributed by atoms with Crippen LogP contribution in [0.4, 0.5) is 0 Å². The lowest BCUT2D eigenvalue weighted by Gasteiger charge is -2.33. The van der Waals surface area contributed by atoms with E-state index in [0.29, 0.717) is 17.9 Å². The predicted octanol–water partition coefficient (Wildman–Crippen LogP) is 1.97. The number of hydrogen-bond acceptors (Lipinski definition) is 5. The molecular formula is C15H25N3O2. The molecule has 1 N–H and O–H groups in total. The number of piperidine rings is 1. The van der Waals surface area contributed by atoms with Crippen LogP contribution in [-0.4, -0.2) is 35.9 Å². The van der Waals surface area contributed by atoms with Crippen LogP contribution in [0, 0.1) is 11.8 Å². The molecule has 112 valence electrons. The van der Waals surface area contributed by atoms with E-state index >= 15 is 0 Å². The molecule has 0 aromatic carbocycles. The molecule has 0 spiro atoms. The molecule has 1 saturated carbocycles. The van der Waals surface area contributed by atoms with Gasteiger partial charge in [-0.05, 0) is 57.5 Å². The molecule has 20 heavy (non-hydrogen) atoms. The molecule has 1 saturated heterocycles. The SMILES string of the molecule is CCOC1CC(Cc2nc(CC3CCCNC3)no2)C1. The summed E-state index contributed by atoms with van der Waals surface area (Å²) in [5.41, 5.74) is 0. The van der Waals surface area contributed by atoms with E-state index in [1.807, 2.05) is 0 Å². The van der Waals surface area contributed by atoms with Gasteiger partial charge in [-0.1, -0.05) is 5.16 Å². The molecule has 3 rings (SSSR count). The topological polar surface area (TPSA) is 60.2 Å². The van der Waals surface area contributed by atoms with Gasteiger partial charge in [0, 0.05) is 19.4 Å². The van der Waals surface area contributed by atoms with Crippen molar-refractivity contribution in [1.82, 2.24) is 15.5 Å². The number of ether oxygens (including phenoxy) is 1. The fraction of sp³-hybridized carbons (Fsp3) is 0.867. The van der Waals surface area contributed by atoms with Gasteiger partial charge in [0.15, 0.2) is 5.82 Å².